The average molecular weight is 278 g/mol. The van der Waals surface area contributed by atoms with E-state index in [1.165, 1.54) is 5.56 Å². The van der Waals surface area contributed by atoms with E-state index in [4.69, 9.17) is 9.47 Å². The van der Waals surface area contributed by atoms with Gasteiger partial charge >= 0.3 is 0 Å². The van der Waals surface area contributed by atoms with Crippen LogP contribution in [0.4, 0.5) is 0 Å². The minimum atomic E-state index is 0.0177. The molecule has 0 atom stereocenters. The minimum Gasteiger partial charge on any atom is -0.379 e. The predicted molar refractivity (Wildman–Crippen MR) is 81.3 cm³/mol. The van der Waals surface area contributed by atoms with Crippen molar-refractivity contribution in [2.24, 2.45) is 5.92 Å². The lowest BCUT2D eigenvalue weighted by Gasteiger charge is -2.08. The Morgan fingerprint density at radius 2 is 1.60 bits per heavy atom. The van der Waals surface area contributed by atoms with Gasteiger partial charge in [0.15, 0.2) is 5.78 Å². The Morgan fingerprint density at radius 3 is 2.15 bits per heavy atom. The molecule has 1 aromatic rings. The number of carbonyl (C=O) groups is 1. The molecule has 0 aromatic heterocycles. The SMILES string of the molecule is CC(C)COCCOCC(=O)c1ccc(C(C)C)cc1. The van der Waals surface area contributed by atoms with Crippen LogP contribution in [0.3, 0.4) is 0 Å². The summed E-state index contributed by atoms with van der Waals surface area (Å²) in [4.78, 5) is 11.9. The van der Waals surface area contributed by atoms with Gasteiger partial charge in [-0.1, -0.05) is 52.0 Å². The van der Waals surface area contributed by atoms with Crippen LogP contribution in [0.15, 0.2) is 24.3 Å². The van der Waals surface area contributed by atoms with Crippen LogP contribution in [-0.4, -0.2) is 32.2 Å². The first-order valence-electron chi connectivity index (χ1n) is 7.29. The molecule has 0 radical (unpaired) electrons. The van der Waals surface area contributed by atoms with E-state index < -0.39 is 0 Å². The lowest BCUT2D eigenvalue weighted by Crippen LogP contribution is -2.14. The Balaban J connectivity index is 2.25. The number of hydrogen-bond donors (Lipinski definition) is 0. The lowest BCUT2D eigenvalue weighted by molar-refractivity contribution is 0.0364. The molecule has 1 aromatic carbocycles. The average Bonchev–Trinajstić information content (AvgIpc) is 2.42. The van der Waals surface area contributed by atoms with Crippen LogP contribution in [0.2, 0.25) is 0 Å². The number of Topliss-reactive ketones (excluding diaryl/α,β-unsaturated/α-hetero) is 1. The Morgan fingerprint density at radius 1 is 1.00 bits per heavy atom. The van der Waals surface area contributed by atoms with E-state index in [0.717, 1.165) is 6.61 Å². The van der Waals surface area contributed by atoms with Crippen molar-refractivity contribution >= 4 is 5.78 Å². The number of rotatable bonds is 9. The zero-order valence-electron chi connectivity index (χ0n) is 13.0. The summed E-state index contributed by atoms with van der Waals surface area (Å²) in [5.41, 5.74) is 1.95. The fourth-order valence-corrected chi connectivity index (χ4v) is 1.74. The second-order valence-corrected chi connectivity index (χ2v) is 5.72. The molecule has 0 spiro atoms. The highest BCUT2D eigenvalue weighted by Gasteiger charge is 2.07. The molecule has 0 bridgehead atoms. The third-order valence-corrected chi connectivity index (χ3v) is 2.96. The van der Waals surface area contributed by atoms with Crippen LogP contribution in [0.5, 0.6) is 0 Å². The number of ether oxygens (including phenoxy) is 2. The molecule has 112 valence electrons. The first kappa shape index (κ1) is 16.9. The molecule has 0 aliphatic heterocycles. The normalized spacial score (nSPS) is 11.3. The predicted octanol–water partition coefficient (Wildman–Crippen LogP) is 3.68. The van der Waals surface area contributed by atoms with Gasteiger partial charge in [-0.15, -0.1) is 0 Å². The Labute approximate surface area is 122 Å². The van der Waals surface area contributed by atoms with Gasteiger partial charge < -0.3 is 9.47 Å². The van der Waals surface area contributed by atoms with Crippen molar-refractivity contribution in [1.29, 1.82) is 0 Å². The first-order chi connectivity index (χ1) is 9.50. The number of carbonyl (C=O) groups excluding carboxylic acids is 1. The molecule has 0 saturated heterocycles. The quantitative estimate of drug-likeness (QED) is 0.510. The first-order valence-corrected chi connectivity index (χ1v) is 7.29. The summed E-state index contributed by atoms with van der Waals surface area (Å²) < 4.78 is 10.7. The van der Waals surface area contributed by atoms with Crippen molar-refractivity contribution in [3.63, 3.8) is 0 Å². The van der Waals surface area contributed by atoms with E-state index in [9.17, 15) is 4.79 Å². The topological polar surface area (TPSA) is 35.5 Å². The van der Waals surface area contributed by atoms with E-state index in [-0.39, 0.29) is 12.4 Å². The van der Waals surface area contributed by atoms with Gasteiger partial charge in [0.25, 0.3) is 0 Å². The molecule has 0 heterocycles. The molecule has 3 nitrogen and oxygen atoms in total. The summed E-state index contributed by atoms with van der Waals surface area (Å²) in [5.74, 6) is 1.02. The van der Waals surface area contributed by atoms with Gasteiger partial charge in [0.05, 0.1) is 13.2 Å². The molecule has 0 aliphatic rings. The minimum absolute atomic E-state index is 0.0177. The molecule has 0 unspecified atom stereocenters. The van der Waals surface area contributed by atoms with Gasteiger partial charge in [0.2, 0.25) is 0 Å². The third kappa shape index (κ3) is 6.31. The Bertz CT molecular complexity index is 393. The highest BCUT2D eigenvalue weighted by atomic mass is 16.5. The van der Waals surface area contributed by atoms with Gasteiger partial charge in [0.1, 0.15) is 6.61 Å². The molecule has 0 amide bonds. The second-order valence-electron chi connectivity index (χ2n) is 5.72. The molecule has 0 aliphatic carbocycles. The van der Waals surface area contributed by atoms with Gasteiger partial charge in [0, 0.05) is 12.2 Å². The molecule has 0 N–H and O–H groups in total. The maximum absolute atomic E-state index is 11.9. The maximum Gasteiger partial charge on any atom is 0.188 e. The molecule has 20 heavy (non-hydrogen) atoms. The fourth-order valence-electron chi connectivity index (χ4n) is 1.74. The highest BCUT2D eigenvalue weighted by Crippen LogP contribution is 2.14. The number of benzene rings is 1. The van der Waals surface area contributed by atoms with Crippen molar-refractivity contribution < 1.29 is 14.3 Å². The van der Waals surface area contributed by atoms with Crippen LogP contribution in [-0.2, 0) is 9.47 Å². The van der Waals surface area contributed by atoms with E-state index in [1.807, 2.05) is 24.3 Å². The van der Waals surface area contributed by atoms with Crippen LogP contribution in [0.25, 0.3) is 0 Å². The lowest BCUT2D eigenvalue weighted by atomic mass is 10.0. The van der Waals surface area contributed by atoms with E-state index >= 15 is 0 Å². The molecule has 3 heteroatoms. The summed E-state index contributed by atoms with van der Waals surface area (Å²) in [7, 11) is 0. The monoisotopic (exact) mass is 278 g/mol. The number of hydrogen-bond acceptors (Lipinski definition) is 3. The molecular formula is C17H26O3. The van der Waals surface area contributed by atoms with Crippen LogP contribution in [0.1, 0.15) is 49.5 Å². The summed E-state index contributed by atoms with van der Waals surface area (Å²) >= 11 is 0. The van der Waals surface area contributed by atoms with E-state index in [0.29, 0.717) is 30.6 Å². The van der Waals surface area contributed by atoms with E-state index in [2.05, 4.69) is 27.7 Å². The van der Waals surface area contributed by atoms with Crippen LogP contribution in [0, 0.1) is 5.92 Å². The largest absolute Gasteiger partial charge is 0.379 e. The van der Waals surface area contributed by atoms with Crippen molar-refractivity contribution in [2.75, 3.05) is 26.4 Å². The number of ketones is 1. The van der Waals surface area contributed by atoms with Crippen molar-refractivity contribution in [3.05, 3.63) is 35.4 Å². The van der Waals surface area contributed by atoms with Crippen molar-refractivity contribution in [1.82, 2.24) is 0 Å². The maximum atomic E-state index is 11.9. The molecular weight excluding hydrogens is 252 g/mol. The summed E-state index contributed by atoms with van der Waals surface area (Å²) in [6.45, 7) is 10.3. The van der Waals surface area contributed by atoms with Crippen molar-refractivity contribution in [3.8, 4) is 0 Å². The molecule has 1 rings (SSSR count). The summed E-state index contributed by atoms with van der Waals surface area (Å²) in [5, 5.41) is 0. The van der Waals surface area contributed by atoms with Crippen LogP contribution >= 0.6 is 0 Å². The third-order valence-electron chi connectivity index (χ3n) is 2.96. The van der Waals surface area contributed by atoms with Gasteiger partial charge in [-0.25, -0.2) is 0 Å². The van der Waals surface area contributed by atoms with Crippen LogP contribution < -0.4 is 0 Å². The fraction of sp³-hybridized carbons (Fsp3) is 0.588. The molecule has 0 fully saturated rings. The Hall–Kier alpha value is -1.19. The Kier molecular flexibility index (Phi) is 7.48. The smallest absolute Gasteiger partial charge is 0.188 e. The van der Waals surface area contributed by atoms with Gasteiger partial charge in [-0.05, 0) is 17.4 Å². The molecule has 0 saturated carbocycles. The van der Waals surface area contributed by atoms with Crippen molar-refractivity contribution in [2.45, 2.75) is 33.6 Å². The summed E-state index contributed by atoms with van der Waals surface area (Å²) in [6.07, 6.45) is 0. The standard InChI is InChI=1S/C17H26O3/c1-13(2)11-19-9-10-20-12-17(18)16-7-5-15(6-8-16)14(3)4/h5-8,13-14H,9-12H2,1-4H3. The van der Waals surface area contributed by atoms with E-state index in [1.54, 1.807) is 0 Å². The summed E-state index contributed by atoms with van der Waals surface area (Å²) in [6, 6.07) is 7.75. The zero-order chi connectivity index (χ0) is 15.0. The van der Waals surface area contributed by atoms with Gasteiger partial charge in [-0.2, -0.15) is 0 Å². The van der Waals surface area contributed by atoms with Gasteiger partial charge in [-0.3, -0.25) is 4.79 Å². The second kappa shape index (κ2) is 8.88. The zero-order valence-corrected chi connectivity index (χ0v) is 13.0. The highest BCUT2D eigenvalue weighted by molar-refractivity contribution is 5.97.